The fraction of sp³-hybridized carbons (Fsp3) is 0.595. The summed E-state index contributed by atoms with van der Waals surface area (Å²) >= 11 is 1.53. The fourth-order valence-electron chi connectivity index (χ4n) is 6.57. The SMILES string of the molecule is CCCCCc1ccc(-c2cc3ccc(OC4CCC(OC(=O)C(C)(C)C(C)(N)CC(C)(C)N)C4(C)C(F)(F)F)cc3s2)c(OC)c1. The number of ether oxygens (including phenoxy) is 3. The number of methoxy groups -OCH3 is 1. The van der Waals surface area contributed by atoms with Crippen molar-refractivity contribution in [2.45, 2.75) is 123 Å². The lowest BCUT2D eigenvalue weighted by molar-refractivity contribution is -0.265. The zero-order valence-electron chi connectivity index (χ0n) is 29.0. The Balaban J connectivity index is 1.56. The molecule has 10 heteroatoms. The van der Waals surface area contributed by atoms with Gasteiger partial charge in [0.2, 0.25) is 0 Å². The van der Waals surface area contributed by atoms with Crippen molar-refractivity contribution in [2.24, 2.45) is 22.3 Å². The highest BCUT2D eigenvalue weighted by Gasteiger charge is 2.66. The van der Waals surface area contributed by atoms with Gasteiger partial charge in [0.15, 0.2) is 0 Å². The minimum atomic E-state index is -4.70. The summed E-state index contributed by atoms with van der Waals surface area (Å²) in [4.78, 5) is 14.5. The van der Waals surface area contributed by atoms with Crippen LogP contribution < -0.4 is 20.9 Å². The van der Waals surface area contributed by atoms with E-state index < -0.39 is 46.3 Å². The molecule has 4 rings (SSSR count). The molecule has 2 aromatic carbocycles. The lowest BCUT2D eigenvalue weighted by Crippen LogP contribution is -2.60. The second kappa shape index (κ2) is 13.6. The summed E-state index contributed by atoms with van der Waals surface area (Å²) in [5, 5.41) is 0.955. The van der Waals surface area contributed by atoms with Crippen molar-refractivity contribution in [3.8, 4) is 21.9 Å². The molecule has 0 amide bonds. The number of carbonyl (C=O) groups is 1. The van der Waals surface area contributed by atoms with Crippen molar-refractivity contribution in [3.63, 3.8) is 0 Å². The quantitative estimate of drug-likeness (QED) is 0.138. The van der Waals surface area contributed by atoms with E-state index in [0.717, 1.165) is 52.5 Å². The van der Waals surface area contributed by atoms with E-state index in [2.05, 4.69) is 31.2 Å². The summed E-state index contributed by atoms with van der Waals surface area (Å²) in [5.41, 5.74) is 9.36. The number of benzene rings is 2. The number of esters is 1. The molecule has 0 radical (unpaired) electrons. The van der Waals surface area contributed by atoms with E-state index in [9.17, 15) is 18.0 Å². The molecule has 4 unspecified atom stereocenters. The first-order valence-electron chi connectivity index (χ1n) is 16.5. The summed E-state index contributed by atoms with van der Waals surface area (Å²) in [7, 11) is 1.66. The van der Waals surface area contributed by atoms with Crippen LogP contribution in [0.3, 0.4) is 0 Å². The summed E-state index contributed by atoms with van der Waals surface area (Å²) in [5.74, 6) is 0.334. The number of hydrogen-bond acceptors (Lipinski definition) is 7. The maximum absolute atomic E-state index is 14.9. The number of fused-ring (bicyclic) bond motifs is 1. The third-order valence-corrected chi connectivity index (χ3v) is 11.2. The van der Waals surface area contributed by atoms with Crippen LogP contribution in [-0.4, -0.2) is 42.5 Å². The van der Waals surface area contributed by atoms with Gasteiger partial charge in [-0.05, 0) is 121 Å². The first-order valence-corrected chi connectivity index (χ1v) is 17.3. The monoisotopic (exact) mass is 676 g/mol. The predicted octanol–water partition coefficient (Wildman–Crippen LogP) is 9.20. The number of halogens is 3. The number of unbranched alkanes of at least 4 members (excludes halogenated alkanes) is 2. The Bertz CT molecular complexity index is 1560. The fourth-order valence-corrected chi connectivity index (χ4v) is 7.69. The molecule has 1 heterocycles. The molecular weight excluding hydrogens is 625 g/mol. The van der Waals surface area contributed by atoms with Crippen LogP contribution in [0.1, 0.15) is 92.6 Å². The van der Waals surface area contributed by atoms with E-state index in [-0.39, 0.29) is 19.3 Å². The standard InChI is InChI=1S/C37H51F3N2O4S/c1-9-10-11-12-23-13-16-26(27(19-23)44-8)29-20-24-14-15-25(21-28(24)47-29)45-30-17-18-31(36(30,7)37(38,39)40)46-32(43)34(4,5)35(6,42)22-33(2,3)41/h13-16,19-21,30-31H,9-12,17-18,22,41-42H2,1-8H3. The van der Waals surface area contributed by atoms with Crippen molar-refractivity contribution in [2.75, 3.05) is 7.11 Å². The smallest absolute Gasteiger partial charge is 0.401 e. The molecule has 47 heavy (non-hydrogen) atoms. The molecule has 3 aromatic rings. The zero-order chi connectivity index (χ0) is 35.0. The molecule has 1 aliphatic rings. The van der Waals surface area contributed by atoms with Crippen molar-refractivity contribution in [1.29, 1.82) is 0 Å². The summed E-state index contributed by atoms with van der Waals surface area (Å²) in [6, 6.07) is 13.7. The molecule has 1 saturated carbocycles. The number of nitrogens with two attached hydrogens (primary N) is 2. The average Bonchev–Trinajstić information content (AvgIpc) is 3.52. The molecule has 4 atom stereocenters. The van der Waals surface area contributed by atoms with Gasteiger partial charge in [0, 0.05) is 26.2 Å². The first kappa shape index (κ1) is 37.0. The van der Waals surface area contributed by atoms with Crippen LogP contribution in [0.5, 0.6) is 11.5 Å². The van der Waals surface area contributed by atoms with Crippen molar-refractivity contribution in [1.82, 2.24) is 0 Å². The van der Waals surface area contributed by atoms with E-state index in [1.54, 1.807) is 53.9 Å². The van der Waals surface area contributed by atoms with Crippen LogP contribution >= 0.6 is 11.3 Å². The van der Waals surface area contributed by atoms with E-state index >= 15 is 0 Å². The number of hydrogen-bond donors (Lipinski definition) is 2. The van der Waals surface area contributed by atoms with E-state index in [4.69, 9.17) is 25.7 Å². The number of carbonyl (C=O) groups excluding carboxylic acids is 1. The summed E-state index contributed by atoms with van der Waals surface area (Å²) in [6.07, 6.45) is -2.60. The van der Waals surface area contributed by atoms with Crippen LogP contribution in [0.25, 0.3) is 20.5 Å². The molecule has 0 saturated heterocycles. The Hall–Kier alpha value is -2.82. The maximum atomic E-state index is 14.9. The molecule has 1 fully saturated rings. The van der Waals surface area contributed by atoms with E-state index in [1.165, 1.54) is 23.3 Å². The third kappa shape index (κ3) is 7.75. The molecule has 0 bridgehead atoms. The Labute approximate surface area is 281 Å². The molecule has 6 nitrogen and oxygen atoms in total. The maximum Gasteiger partial charge on any atom is 0.401 e. The van der Waals surface area contributed by atoms with Crippen molar-refractivity contribution < 1.29 is 32.2 Å². The van der Waals surface area contributed by atoms with Crippen LogP contribution in [0.4, 0.5) is 13.2 Å². The molecule has 1 aliphatic carbocycles. The lowest BCUT2D eigenvalue weighted by atomic mass is 9.68. The second-order valence-corrected chi connectivity index (χ2v) is 16.0. The Morgan fingerprint density at radius 2 is 1.66 bits per heavy atom. The van der Waals surface area contributed by atoms with Gasteiger partial charge in [0.1, 0.15) is 29.1 Å². The van der Waals surface area contributed by atoms with Gasteiger partial charge in [-0.25, -0.2) is 0 Å². The van der Waals surface area contributed by atoms with Crippen LogP contribution in [0.15, 0.2) is 42.5 Å². The molecule has 1 aromatic heterocycles. The molecule has 260 valence electrons. The zero-order valence-corrected chi connectivity index (χ0v) is 29.8. The van der Waals surface area contributed by atoms with Crippen LogP contribution in [0, 0.1) is 10.8 Å². The van der Waals surface area contributed by atoms with Gasteiger partial charge < -0.3 is 25.7 Å². The second-order valence-electron chi connectivity index (χ2n) is 14.9. The minimum absolute atomic E-state index is 0.00575. The first-order chi connectivity index (χ1) is 21.7. The molecule has 4 N–H and O–H groups in total. The topological polar surface area (TPSA) is 96.8 Å². The largest absolute Gasteiger partial charge is 0.496 e. The summed E-state index contributed by atoms with van der Waals surface area (Å²) < 4.78 is 63.0. The Kier molecular flexibility index (Phi) is 10.7. The minimum Gasteiger partial charge on any atom is -0.496 e. The van der Waals surface area contributed by atoms with Crippen LogP contribution in [-0.2, 0) is 16.0 Å². The van der Waals surface area contributed by atoms with Gasteiger partial charge in [-0.1, -0.05) is 25.8 Å². The van der Waals surface area contributed by atoms with Gasteiger partial charge in [0.05, 0.1) is 12.5 Å². The highest BCUT2D eigenvalue weighted by atomic mass is 32.1. The molecular formula is C37H51F3N2O4S. The highest BCUT2D eigenvalue weighted by molar-refractivity contribution is 7.22. The van der Waals surface area contributed by atoms with Crippen molar-refractivity contribution in [3.05, 3.63) is 48.0 Å². The van der Waals surface area contributed by atoms with Crippen LogP contribution in [0.2, 0.25) is 0 Å². The summed E-state index contributed by atoms with van der Waals surface area (Å²) in [6.45, 7) is 11.7. The number of aryl methyl sites for hydroxylation is 1. The number of rotatable bonds is 13. The lowest BCUT2D eigenvalue weighted by Gasteiger charge is -2.44. The molecule has 0 spiro atoms. The van der Waals surface area contributed by atoms with Gasteiger partial charge >= 0.3 is 12.1 Å². The van der Waals surface area contributed by atoms with E-state index in [1.807, 2.05) is 6.07 Å². The van der Waals surface area contributed by atoms with Gasteiger partial charge in [-0.15, -0.1) is 11.3 Å². The average molecular weight is 677 g/mol. The number of thiophene rings is 1. The third-order valence-electron chi connectivity index (χ3n) is 10.0. The van der Waals surface area contributed by atoms with Gasteiger partial charge in [-0.2, -0.15) is 13.2 Å². The Morgan fingerprint density at radius 1 is 0.979 bits per heavy atom. The molecule has 0 aliphatic heterocycles. The van der Waals surface area contributed by atoms with Crippen molar-refractivity contribution >= 4 is 27.4 Å². The number of alkyl halides is 3. The predicted molar refractivity (Wildman–Crippen MR) is 184 cm³/mol. The highest BCUT2D eigenvalue weighted by Crippen LogP contribution is 2.54. The normalized spacial score (nSPS) is 21.9. The van der Waals surface area contributed by atoms with E-state index in [0.29, 0.717) is 5.75 Å². The van der Waals surface area contributed by atoms with Gasteiger partial charge in [0.25, 0.3) is 0 Å². The van der Waals surface area contributed by atoms with Gasteiger partial charge in [-0.3, -0.25) is 4.79 Å². The Morgan fingerprint density at radius 3 is 2.28 bits per heavy atom.